The van der Waals surface area contributed by atoms with Gasteiger partial charge >= 0.3 is 6.09 Å². The van der Waals surface area contributed by atoms with E-state index in [1.165, 1.54) is 6.07 Å². The lowest BCUT2D eigenvalue weighted by Gasteiger charge is -2.39. The van der Waals surface area contributed by atoms with Crippen molar-refractivity contribution in [2.45, 2.75) is 96.1 Å². The van der Waals surface area contributed by atoms with Gasteiger partial charge in [0.1, 0.15) is 17.9 Å². The van der Waals surface area contributed by atoms with Crippen LogP contribution in [0.1, 0.15) is 73.1 Å². The molecule has 4 aliphatic rings. The number of likely N-dealkylation sites (tertiary alicyclic amines) is 2. The van der Waals surface area contributed by atoms with Crippen molar-refractivity contribution in [3.8, 4) is 17.0 Å². The minimum atomic E-state index is -3.45. The van der Waals surface area contributed by atoms with Crippen LogP contribution in [0.15, 0.2) is 18.3 Å². The number of rotatable bonds is 8. The number of benzene rings is 1. The van der Waals surface area contributed by atoms with Crippen molar-refractivity contribution < 1.29 is 31.5 Å². The van der Waals surface area contributed by atoms with Crippen LogP contribution in [-0.2, 0) is 14.8 Å². The van der Waals surface area contributed by atoms with Gasteiger partial charge in [0.2, 0.25) is 16.0 Å². The Morgan fingerprint density at radius 1 is 0.980 bits per heavy atom. The average molecular weight is 734 g/mol. The van der Waals surface area contributed by atoms with Crippen molar-refractivity contribution in [3.05, 3.63) is 30.0 Å². The number of fused-ring (bicyclic) bond motifs is 1. The lowest BCUT2D eigenvalue weighted by molar-refractivity contribution is 0.0167. The molecule has 12 nitrogen and oxygen atoms in total. The zero-order valence-electron chi connectivity index (χ0n) is 30.5. The molecule has 0 saturated carbocycles. The summed E-state index contributed by atoms with van der Waals surface area (Å²) in [6.45, 7) is 15.2. The summed E-state index contributed by atoms with van der Waals surface area (Å²) in [6.07, 6.45) is 5.00. The molecular formula is C36H53F2N7O5S. The predicted molar refractivity (Wildman–Crippen MR) is 192 cm³/mol. The largest absolute Gasteiger partial charge is 0.486 e. The van der Waals surface area contributed by atoms with E-state index in [1.54, 1.807) is 15.3 Å². The second kappa shape index (κ2) is 15.4. The van der Waals surface area contributed by atoms with Gasteiger partial charge in [0, 0.05) is 50.4 Å². The van der Waals surface area contributed by atoms with E-state index in [4.69, 9.17) is 9.47 Å². The number of nitrogens with one attached hydrogen (secondary N) is 1. The van der Waals surface area contributed by atoms with Gasteiger partial charge in [-0.25, -0.2) is 36.3 Å². The Morgan fingerprint density at radius 2 is 1.67 bits per heavy atom. The molecule has 4 aliphatic heterocycles. The van der Waals surface area contributed by atoms with Crippen molar-refractivity contribution in [1.29, 1.82) is 0 Å². The maximum Gasteiger partial charge on any atom is 0.410 e. The third kappa shape index (κ3) is 8.85. The fourth-order valence-corrected chi connectivity index (χ4v) is 9.59. The molecular weight excluding hydrogens is 681 g/mol. The second-order valence-electron chi connectivity index (χ2n) is 15.6. The molecule has 15 heteroatoms. The predicted octanol–water partition coefficient (Wildman–Crippen LogP) is 5.35. The number of sulfonamides is 1. The molecule has 1 amide bonds. The normalized spacial score (nSPS) is 20.7. The second-order valence-corrected chi connectivity index (χ2v) is 17.8. The number of anilines is 2. The van der Waals surface area contributed by atoms with Crippen molar-refractivity contribution in [2.24, 2.45) is 5.92 Å². The van der Waals surface area contributed by atoms with Gasteiger partial charge in [-0.2, -0.15) is 0 Å². The average Bonchev–Trinajstić information content (AvgIpc) is 3.09. The van der Waals surface area contributed by atoms with Crippen LogP contribution in [0.2, 0.25) is 0 Å². The summed E-state index contributed by atoms with van der Waals surface area (Å²) in [6, 6.07) is 2.95. The van der Waals surface area contributed by atoms with Crippen LogP contribution in [0.4, 0.5) is 25.2 Å². The monoisotopic (exact) mass is 733 g/mol. The standard InChI is InChI=1S/C36H53F2N7O5S/c1-24(2)45-18-19-49-33-29(37)20-26(21-31(33)45)32-30(38)22-39-34(41-32)40-27-8-16-44(17-9-27)51(47,48)28-10-12-42(13-11-28)23-25-6-14-43(15-7-25)35(46)50-36(3,4)5/h20-22,24-25,27-28H,6-19,23H2,1-5H3,(H,39,40,41). The van der Waals surface area contributed by atoms with E-state index in [-0.39, 0.29) is 35.6 Å². The molecule has 0 spiro atoms. The Labute approximate surface area is 300 Å². The first-order valence-corrected chi connectivity index (χ1v) is 19.9. The highest BCUT2D eigenvalue weighted by Gasteiger charge is 2.37. The zero-order valence-corrected chi connectivity index (χ0v) is 31.4. The van der Waals surface area contributed by atoms with Gasteiger partial charge in [-0.3, -0.25) is 0 Å². The van der Waals surface area contributed by atoms with E-state index >= 15 is 8.78 Å². The highest BCUT2D eigenvalue weighted by Crippen LogP contribution is 2.39. The number of nitrogens with zero attached hydrogens (tertiary/aromatic N) is 6. The fourth-order valence-electron chi connectivity index (χ4n) is 7.64. The Kier molecular flexibility index (Phi) is 11.3. The summed E-state index contributed by atoms with van der Waals surface area (Å²) in [7, 11) is -3.45. The zero-order chi connectivity index (χ0) is 36.5. The summed E-state index contributed by atoms with van der Waals surface area (Å²) in [4.78, 5) is 27.2. The van der Waals surface area contributed by atoms with Crippen LogP contribution in [0.5, 0.6) is 5.75 Å². The van der Waals surface area contributed by atoms with Crippen LogP contribution in [0.25, 0.3) is 11.3 Å². The molecule has 0 atom stereocenters. The number of hydrogen-bond acceptors (Lipinski definition) is 10. The van der Waals surface area contributed by atoms with Gasteiger partial charge in [-0.05, 0) is 104 Å². The number of halogens is 2. The molecule has 2 aromatic rings. The van der Waals surface area contributed by atoms with E-state index in [9.17, 15) is 13.2 Å². The maximum absolute atomic E-state index is 15.1. The van der Waals surface area contributed by atoms with Crippen LogP contribution in [0, 0.1) is 17.6 Å². The Hall–Kier alpha value is -3.30. The first-order valence-electron chi connectivity index (χ1n) is 18.4. The smallest absolute Gasteiger partial charge is 0.410 e. The third-order valence-corrected chi connectivity index (χ3v) is 12.8. The van der Waals surface area contributed by atoms with Crippen molar-refractivity contribution in [1.82, 2.24) is 24.1 Å². The van der Waals surface area contributed by atoms with Gasteiger partial charge in [0.05, 0.1) is 23.7 Å². The van der Waals surface area contributed by atoms with Crippen molar-refractivity contribution in [2.75, 3.05) is 69.2 Å². The van der Waals surface area contributed by atoms with Gasteiger partial charge < -0.3 is 29.5 Å². The molecule has 5 heterocycles. The Morgan fingerprint density at radius 3 is 2.31 bits per heavy atom. The van der Waals surface area contributed by atoms with E-state index in [1.807, 2.05) is 39.5 Å². The fraction of sp³-hybridized carbons (Fsp3) is 0.694. The molecule has 0 radical (unpaired) electrons. The van der Waals surface area contributed by atoms with Crippen LogP contribution >= 0.6 is 0 Å². The minimum absolute atomic E-state index is 0.0129. The van der Waals surface area contributed by atoms with Crippen molar-refractivity contribution in [3.63, 3.8) is 0 Å². The molecule has 51 heavy (non-hydrogen) atoms. The summed E-state index contributed by atoms with van der Waals surface area (Å²) in [5, 5.41) is 2.86. The summed E-state index contributed by atoms with van der Waals surface area (Å²) >= 11 is 0. The summed E-state index contributed by atoms with van der Waals surface area (Å²) in [5.74, 6) is -0.382. The number of hydrogen-bond donors (Lipinski definition) is 1. The van der Waals surface area contributed by atoms with Crippen LogP contribution in [0.3, 0.4) is 0 Å². The number of carbonyl (C=O) groups excluding carboxylic acids is 1. The van der Waals surface area contributed by atoms with E-state index in [2.05, 4.69) is 20.2 Å². The Bertz CT molecular complexity index is 1650. The van der Waals surface area contributed by atoms with Crippen LogP contribution in [-0.4, -0.2) is 120 Å². The van der Waals surface area contributed by atoms with E-state index in [0.717, 1.165) is 38.7 Å². The molecule has 1 N–H and O–H groups in total. The summed E-state index contributed by atoms with van der Waals surface area (Å²) < 4.78 is 70.2. The molecule has 1 aromatic carbocycles. The molecule has 282 valence electrons. The molecule has 0 aliphatic carbocycles. The van der Waals surface area contributed by atoms with Gasteiger partial charge in [-0.15, -0.1) is 0 Å². The first kappa shape index (κ1) is 37.5. The number of piperidine rings is 3. The molecule has 6 rings (SSSR count). The lowest BCUT2D eigenvalue weighted by Crippen LogP contribution is -2.50. The quantitative estimate of drug-likeness (QED) is 0.381. The number of amides is 1. The van der Waals surface area contributed by atoms with E-state index < -0.39 is 32.5 Å². The topological polar surface area (TPSA) is 120 Å². The summed E-state index contributed by atoms with van der Waals surface area (Å²) in [5.41, 5.74) is 0.340. The number of ether oxygens (including phenoxy) is 2. The Balaban J connectivity index is 0.983. The first-order chi connectivity index (χ1) is 24.2. The van der Waals surface area contributed by atoms with E-state index in [0.29, 0.717) is 82.2 Å². The van der Waals surface area contributed by atoms with Gasteiger partial charge in [0.15, 0.2) is 17.4 Å². The molecule has 0 bridgehead atoms. The third-order valence-electron chi connectivity index (χ3n) is 10.4. The SMILES string of the molecule is CC(C)N1CCOc2c(F)cc(-c3nc(NC4CCN(S(=O)(=O)C5CCN(CC6CCN(C(=O)OC(C)(C)C)CC6)CC5)CC4)ncc3F)cc21. The van der Waals surface area contributed by atoms with Crippen molar-refractivity contribution >= 4 is 27.8 Å². The number of aromatic nitrogens is 2. The minimum Gasteiger partial charge on any atom is -0.486 e. The molecule has 0 unspecified atom stereocenters. The lowest BCUT2D eigenvalue weighted by atomic mass is 9.95. The van der Waals surface area contributed by atoms with Gasteiger partial charge in [-0.1, -0.05) is 0 Å². The highest BCUT2D eigenvalue weighted by molar-refractivity contribution is 7.89. The highest BCUT2D eigenvalue weighted by atomic mass is 32.2. The van der Waals surface area contributed by atoms with Crippen LogP contribution < -0.4 is 15.0 Å². The number of carbonyl (C=O) groups is 1. The molecule has 3 fully saturated rings. The van der Waals surface area contributed by atoms with Gasteiger partial charge in [0.25, 0.3) is 0 Å². The maximum atomic E-state index is 15.1. The molecule has 1 aromatic heterocycles. The molecule has 3 saturated heterocycles.